The van der Waals surface area contributed by atoms with E-state index in [2.05, 4.69) is 45.1 Å². The first-order valence-corrected chi connectivity index (χ1v) is 12.3. The zero-order valence-corrected chi connectivity index (χ0v) is 19.9. The number of aromatic amines is 1. The molecule has 0 radical (unpaired) electrons. The Kier molecular flexibility index (Phi) is 7.56. The highest BCUT2D eigenvalue weighted by molar-refractivity contribution is 5.78. The van der Waals surface area contributed by atoms with Gasteiger partial charge in [-0.15, -0.1) is 0 Å². The van der Waals surface area contributed by atoms with E-state index in [0.29, 0.717) is 23.8 Å². The van der Waals surface area contributed by atoms with Crippen LogP contribution in [0.3, 0.4) is 0 Å². The van der Waals surface area contributed by atoms with E-state index in [1.165, 1.54) is 30.5 Å². The number of amides is 1. The second kappa shape index (κ2) is 10.6. The maximum absolute atomic E-state index is 13.3. The Morgan fingerprint density at radius 1 is 1.16 bits per heavy atom. The zero-order chi connectivity index (χ0) is 22.5. The molecule has 1 aliphatic carbocycles. The minimum absolute atomic E-state index is 0.0450. The summed E-state index contributed by atoms with van der Waals surface area (Å²) in [5, 5.41) is 0. The molecule has 1 aliphatic heterocycles. The molecule has 0 bridgehead atoms. The molecule has 1 saturated carbocycles. The van der Waals surface area contributed by atoms with Crippen molar-refractivity contribution in [3.05, 3.63) is 53.9 Å². The molecular weight excluding hydrogens is 398 g/mol. The van der Waals surface area contributed by atoms with Crippen LogP contribution in [0, 0.1) is 11.8 Å². The number of carbonyl (C=O) groups excluding carboxylic acids is 1. The normalized spacial score (nSPS) is 22.4. The van der Waals surface area contributed by atoms with Crippen molar-refractivity contribution in [3.8, 4) is 5.75 Å². The van der Waals surface area contributed by atoms with E-state index in [4.69, 9.17) is 4.74 Å². The minimum atomic E-state index is 0.0450. The summed E-state index contributed by atoms with van der Waals surface area (Å²) >= 11 is 0. The fourth-order valence-corrected chi connectivity index (χ4v) is 5.63. The van der Waals surface area contributed by atoms with Crippen molar-refractivity contribution in [1.82, 2.24) is 14.8 Å². The van der Waals surface area contributed by atoms with Crippen molar-refractivity contribution in [2.45, 2.75) is 64.5 Å². The van der Waals surface area contributed by atoms with Gasteiger partial charge in [-0.05, 0) is 48.6 Å². The average molecular weight is 438 g/mol. The van der Waals surface area contributed by atoms with E-state index in [0.717, 1.165) is 44.8 Å². The SMILES string of the molecule is COc1cccc(C2CN(Cc3ccc[nH]3)CC2CN(C(=O)C(C)C)C2CCCCC2)c1. The summed E-state index contributed by atoms with van der Waals surface area (Å²) in [5.74, 6) is 2.09. The molecule has 2 aliphatic rings. The fraction of sp³-hybridized carbons (Fsp3) is 0.593. The lowest BCUT2D eigenvalue weighted by Crippen LogP contribution is -2.47. The molecular formula is C27H39N3O2. The summed E-state index contributed by atoms with van der Waals surface area (Å²) in [4.78, 5) is 21.5. The van der Waals surface area contributed by atoms with Gasteiger partial charge in [0.05, 0.1) is 7.11 Å². The Balaban J connectivity index is 1.58. The van der Waals surface area contributed by atoms with Crippen molar-refractivity contribution >= 4 is 5.91 Å². The monoisotopic (exact) mass is 437 g/mol. The van der Waals surface area contributed by atoms with Gasteiger partial charge in [-0.25, -0.2) is 0 Å². The number of likely N-dealkylation sites (tertiary alicyclic amines) is 1. The predicted octanol–water partition coefficient (Wildman–Crippen LogP) is 5.06. The molecule has 174 valence electrons. The van der Waals surface area contributed by atoms with Gasteiger partial charge in [0, 0.05) is 55.9 Å². The molecule has 1 aromatic carbocycles. The maximum atomic E-state index is 13.3. The largest absolute Gasteiger partial charge is 0.497 e. The Hall–Kier alpha value is -2.27. The number of aromatic nitrogens is 1. The molecule has 1 saturated heterocycles. The number of nitrogens with zero attached hydrogens (tertiary/aromatic N) is 2. The number of ether oxygens (including phenoxy) is 1. The van der Waals surface area contributed by atoms with Crippen LogP contribution in [-0.4, -0.2) is 53.5 Å². The lowest BCUT2D eigenvalue weighted by Gasteiger charge is -2.38. The van der Waals surface area contributed by atoms with Gasteiger partial charge in [-0.2, -0.15) is 0 Å². The number of nitrogens with one attached hydrogen (secondary N) is 1. The van der Waals surface area contributed by atoms with Gasteiger partial charge < -0.3 is 14.6 Å². The van der Waals surface area contributed by atoms with Crippen LogP contribution >= 0.6 is 0 Å². The first-order chi connectivity index (χ1) is 15.5. The third kappa shape index (κ3) is 5.37. The van der Waals surface area contributed by atoms with Gasteiger partial charge in [-0.1, -0.05) is 45.2 Å². The number of hydrogen-bond acceptors (Lipinski definition) is 3. The summed E-state index contributed by atoms with van der Waals surface area (Å²) < 4.78 is 5.52. The predicted molar refractivity (Wildman–Crippen MR) is 129 cm³/mol. The van der Waals surface area contributed by atoms with Gasteiger partial charge in [-0.3, -0.25) is 9.69 Å². The molecule has 5 nitrogen and oxygen atoms in total. The number of methoxy groups -OCH3 is 1. The topological polar surface area (TPSA) is 48.6 Å². The highest BCUT2D eigenvalue weighted by Crippen LogP contribution is 2.37. The molecule has 2 aromatic rings. The Morgan fingerprint density at radius 2 is 1.97 bits per heavy atom. The van der Waals surface area contributed by atoms with Gasteiger partial charge in [0.2, 0.25) is 5.91 Å². The van der Waals surface area contributed by atoms with Gasteiger partial charge in [0.15, 0.2) is 0 Å². The van der Waals surface area contributed by atoms with E-state index < -0.39 is 0 Å². The first-order valence-electron chi connectivity index (χ1n) is 12.3. The van der Waals surface area contributed by atoms with Crippen molar-refractivity contribution in [2.75, 3.05) is 26.7 Å². The number of benzene rings is 1. The summed E-state index contributed by atoms with van der Waals surface area (Å²) in [5.41, 5.74) is 2.57. The van der Waals surface area contributed by atoms with E-state index in [-0.39, 0.29) is 5.92 Å². The Morgan fingerprint density at radius 3 is 2.66 bits per heavy atom. The fourth-order valence-electron chi connectivity index (χ4n) is 5.63. The summed E-state index contributed by atoms with van der Waals surface area (Å²) in [6.45, 7) is 7.88. The number of carbonyl (C=O) groups is 1. The molecule has 2 atom stereocenters. The third-order valence-electron chi connectivity index (χ3n) is 7.32. The van der Waals surface area contributed by atoms with E-state index in [9.17, 15) is 4.79 Å². The second-order valence-electron chi connectivity index (χ2n) is 9.97. The molecule has 2 unspecified atom stereocenters. The van der Waals surface area contributed by atoms with Crippen molar-refractivity contribution < 1.29 is 9.53 Å². The summed E-state index contributed by atoms with van der Waals surface area (Å²) in [7, 11) is 1.73. The van der Waals surface area contributed by atoms with E-state index in [1.54, 1.807) is 7.11 Å². The van der Waals surface area contributed by atoms with Crippen LogP contribution in [0.25, 0.3) is 0 Å². The minimum Gasteiger partial charge on any atom is -0.497 e. The maximum Gasteiger partial charge on any atom is 0.225 e. The molecule has 1 N–H and O–H groups in total. The van der Waals surface area contributed by atoms with E-state index in [1.807, 2.05) is 26.1 Å². The molecule has 1 amide bonds. The lowest BCUT2D eigenvalue weighted by atomic mass is 9.86. The Labute approximate surface area is 193 Å². The molecule has 32 heavy (non-hydrogen) atoms. The van der Waals surface area contributed by atoms with Crippen LogP contribution in [0.5, 0.6) is 5.75 Å². The molecule has 5 heteroatoms. The van der Waals surface area contributed by atoms with Crippen LogP contribution in [0.15, 0.2) is 42.6 Å². The van der Waals surface area contributed by atoms with Crippen LogP contribution in [0.4, 0.5) is 0 Å². The van der Waals surface area contributed by atoms with E-state index >= 15 is 0 Å². The summed E-state index contributed by atoms with van der Waals surface area (Å²) in [6.07, 6.45) is 8.10. The molecule has 2 fully saturated rings. The molecule has 0 spiro atoms. The highest BCUT2D eigenvalue weighted by atomic mass is 16.5. The van der Waals surface area contributed by atoms with Crippen LogP contribution < -0.4 is 4.74 Å². The second-order valence-corrected chi connectivity index (χ2v) is 9.97. The zero-order valence-electron chi connectivity index (χ0n) is 19.9. The highest BCUT2D eigenvalue weighted by Gasteiger charge is 2.38. The van der Waals surface area contributed by atoms with Crippen LogP contribution in [0.2, 0.25) is 0 Å². The van der Waals surface area contributed by atoms with Crippen molar-refractivity contribution in [3.63, 3.8) is 0 Å². The molecule has 2 heterocycles. The quantitative estimate of drug-likeness (QED) is 0.628. The van der Waals surface area contributed by atoms with Gasteiger partial charge in [0.1, 0.15) is 5.75 Å². The van der Waals surface area contributed by atoms with Gasteiger partial charge in [0.25, 0.3) is 0 Å². The van der Waals surface area contributed by atoms with Crippen LogP contribution in [0.1, 0.15) is 63.1 Å². The standard InChI is InChI=1S/C27H39N3O2/c1-20(2)27(31)30(24-11-5-4-6-12-24)17-22-16-29(18-23-10-8-14-28-23)19-26(22)21-9-7-13-25(15-21)32-3/h7-10,13-15,20,22,24,26,28H,4-6,11-12,16-19H2,1-3H3. The summed E-state index contributed by atoms with van der Waals surface area (Å²) in [6, 6.07) is 13.2. The average Bonchev–Trinajstić information content (AvgIpc) is 3.47. The van der Waals surface area contributed by atoms with Gasteiger partial charge >= 0.3 is 0 Å². The smallest absolute Gasteiger partial charge is 0.225 e. The van der Waals surface area contributed by atoms with Crippen LogP contribution in [-0.2, 0) is 11.3 Å². The van der Waals surface area contributed by atoms with Crippen molar-refractivity contribution in [1.29, 1.82) is 0 Å². The Bertz CT molecular complexity index is 858. The third-order valence-corrected chi connectivity index (χ3v) is 7.32. The number of hydrogen-bond donors (Lipinski definition) is 1. The molecule has 4 rings (SSSR count). The van der Waals surface area contributed by atoms with Crippen molar-refractivity contribution in [2.24, 2.45) is 11.8 Å². The first kappa shape index (κ1) is 22.9. The number of rotatable bonds is 8. The lowest BCUT2D eigenvalue weighted by molar-refractivity contribution is -0.138. The molecule has 1 aromatic heterocycles. The number of H-pyrrole nitrogens is 1.